The second-order valence-corrected chi connectivity index (χ2v) is 7.21. The van der Waals surface area contributed by atoms with Crippen LogP contribution < -0.4 is 0 Å². The molecule has 0 aliphatic carbocycles. The predicted octanol–water partition coefficient (Wildman–Crippen LogP) is 3.53. The molecule has 0 radical (unpaired) electrons. The Labute approximate surface area is 132 Å². The van der Waals surface area contributed by atoms with Gasteiger partial charge in [-0.15, -0.1) is 0 Å². The van der Waals surface area contributed by atoms with Gasteiger partial charge in [-0.05, 0) is 52.7 Å². The molecule has 2 fully saturated rings. The molecule has 0 N–H and O–H groups in total. The summed E-state index contributed by atoms with van der Waals surface area (Å²) in [7, 11) is 0. The van der Waals surface area contributed by atoms with Gasteiger partial charge in [-0.25, -0.2) is 0 Å². The van der Waals surface area contributed by atoms with Crippen LogP contribution in [0.2, 0.25) is 0 Å². The van der Waals surface area contributed by atoms with Gasteiger partial charge in [-0.2, -0.15) is 0 Å². The molecule has 2 aliphatic rings. The van der Waals surface area contributed by atoms with E-state index in [1.807, 2.05) is 56.9 Å². The van der Waals surface area contributed by atoms with E-state index in [-0.39, 0.29) is 17.1 Å². The molecule has 4 nitrogen and oxygen atoms in total. The number of ether oxygens (including phenoxy) is 2. The van der Waals surface area contributed by atoms with Crippen molar-refractivity contribution < 1.29 is 14.3 Å². The van der Waals surface area contributed by atoms with Crippen LogP contribution in [0.15, 0.2) is 24.3 Å². The number of benzene rings is 1. The van der Waals surface area contributed by atoms with Gasteiger partial charge in [0.15, 0.2) is 6.29 Å². The minimum absolute atomic E-state index is 0.107. The van der Waals surface area contributed by atoms with E-state index in [4.69, 9.17) is 9.47 Å². The van der Waals surface area contributed by atoms with Crippen molar-refractivity contribution in [2.24, 2.45) is 0 Å². The van der Waals surface area contributed by atoms with Gasteiger partial charge in [-0.3, -0.25) is 4.79 Å². The van der Waals surface area contributed by atoms with E-state index < -0.39 is 6.29 Å². The molecule has 1 amide bonds. The summed E-state index contributed by atoms with van der Waals surface area (Å²) in [6.07, 6.45) is 1.78. The summed E-state index contributed by atoms with van der Waals surface area (Å²) < 4.78 is 12.1. The average Bonchev–Trinajstić information content (AvgIpc) is 3.05. The van der Waals surface area contributed by atoms with Gasteiger partial charge in [0.05, 0.1) is 11.2 Å². The first-order valence-electron chi connectivity index (χ1n) is 8.05. The molecule has 2 saturated heterocycles. The zero-order valence-corrected chi connectivity index (χ0v) is 13.9. The summed E-state index contributed by atoms with van der Waals surface area (Å²) in [6, 6.07) is 7.64. The third-order valence-electron chi connectivity index (χ3n) is 5.05. The molecule has 22 heavy (non-hydrogen) atoms. The van der Waals surface area contributed by atoms with Crippen molar-refractivity contribution in [3.63, 3.8) is 0 Å². The predicted molar refractivity (Wildman–Crippen MR) is 84.6 cm³/mol. The molecular weight excluding hydrogens is 278 g/mol. The van der Waals surface area contributed by atoms with Crippen molar-refractivity contribution in [3.8, 4) is 0 Å². The first kappa shape index (κ1) is 15.5. The smallest absolute Gasteiger partial charge is 0.253 e. The highest BCUT2D eigenvalue weighted by Gasteiger charge is 2.49. The van der Waals surface area contributed by atoms with Gasteiger partial charge in [0.25, 0.3) is 5.91 Å². The summed E-state index contributed by atoms with van der Waals surface area (Å²) >= 11 is 0. The fourth-order valence-electron chi connectivity index (χ4n) is 2.90. The van der Waals surface area contributed by atoms with Crippen LogP contribution in [0.4, 0.5) is 0 Å². The molecule has 0 saturated carbocycles. The average molecular weight is 303 g/mol. The monoisotopic (exact) mass is 303 g/mol. The number of likely N-dealkylation sites (tertiary alicyclic amines) is 1. The lowest BCUT2D eigenvalue weighted by molar-refractivity contribution is -0.0895. The van der Waals surface area contributed by atoms with Gasteiger partial charge in [0.1, 0.15) is 0 Å². The van der Waals surface area contributed by atoms with Crippen LogP contribution in [-0.2, 0) is 9.47 Å². The van der Waals surface area contributed by atoms with E-state index in [1.54, 1.807) is 0 Å². The molecule has 1 aromatic rings. The zero-order chi connectivity index (χ0) is 16.0. The Balaban J connectivity index is 1.82. The number of hydrogen-bond donors (Lipinski definition) is 0. The van der Waals surface area contributed by atoms with Gasteiger partial charge in [0, 0.05) is 24.2 Å². The molecule has 3 rings (SSSR count). The second kappa shape index (κ2) is 5.36. The minimum Gasteiger partial charge on any atom is -0.339 e. The van der Waals surface area contributed by atoms with Crippen molar-refractivity contribution in [1.29, 1.82) is 0 Å². The minimum atomic E-state index is -0.420. The first-order chi connectivity index (χ1) is 10.3. The zero-order valence-electron chi connectivity index (χ0n) is 13.9. The standard InChI is InChI=1S/C18H25NO3/c1-17(2)18(3,4)22-16(21-17)14-9-7-8-13(12-14)15(20)19-10-5-6-11-19/h7-9,12,16H,5-6,10-11H2,1-4H3. The fourth-order valence-corrected chi connectivity index (χ4v) is 2.90. The highest BCUT2D eigenvalue weighted by Crippen LogP contribution is 2.44. The molecule has 0 bridgehead atoms. The van der Waals surface area contributed by atoms with Crippen molar-refractivity contribution in [2.75, 3.05) is 13.1 Å². The summed E-state index contributed by atoms with van der Waals surface area (Å²) in [5.41, 5.74) is 0.886. The van der Waals surface area contributed by atoms with E-state index in [0.717, 1.165) is 31.5 Å². The lowest BCUT2D eigenvalue weighted by Crippen LogP contribution is -2.41. The SMILES string of the molecule is CC1(C)OC(c2cccc(C(=O)N3CCCC3)c2)OC1(C)C. The van der Waals surface area contributed by atoms with Crippen LogP contribution in [0.3, 0.4) is 0 Å². The Morgan fingerprint density at radius 2 is 1.68 bits per heavy atom. The third kappa shape index (κ3) is 2.66. The van der Waals surface area contributed by atoms with Gasteiger partial charge < -0.3 is 14.4 Å². The third-order valence-corrected chi connectivity index (χ3v) is 5.05. The molecule has 0 unspecified atom stereocenters. The van der Waals surface area contributed by atoms with Gasteiger partial charge in [0.2, 0.25) is 0 Å². The Bertz CT molecular complexity index is 557. The van der Waals surface area contributed by atoms with Crippen LogP contribution in [0.5, 0.6) is 0 Å². The van der Waals surface area contributed by atoms with E-state index in [9.17, 15) is 4.79 Å². The van der Waals surface area contributed by atoms with Crippen LogP contribution in [-0.4, -0.2) is 35.1 Å². The van der Waals surface area contributed by atoms with Crippen molar-refractivity contribution in [2.45, 2.75) is 58.0 Å². The molecule has 1 aromatic carbocycles. The second-order valence-electron chi connectivity index (χ2n) is 7.21. The maximum absolute atomic E-state index is 12.5. The molecule has 120 valence electrons. The summed E-state index contributed by atoms with van der Waals surface area (Å²) in [5.74, 6) is 0.107. The molecular formula is C18H25NO3. The highest BCUT2D eigenvalue weighted by molar-refractivity contribution is 5.94. The van der Waals surface area contributed by atoms with Crippen molar-refractivity contribution in [3.05, 3.63) is 35.4 Å². The van der Waals surface area contributed by atoms with Crippen LogP contribution in [0, 0.1) is 0 Å². The molecule has 0 aromatic heterocycles. The lowest BCUT2D eigenvalue weighted by atomic mass is 9.90. The lowest BCUT2D eigenvalue weighted by Gasteiger charge is -2.30. The van der Waals surface area contributed by atoms with Crippen LogP contribution in [0.25, 0.3) is 0 Å². The Kier molecular flexibility index (Phi) is 3.77. The Hall–Kier alpha value is -1.39. The van der Waals surface area contributed by atoms with E-state index in [2.05, 4.69) is 0 Å². The molecule has 4 heteroatoms. The molecule has 2 aliphatic heterocycles. The number of amides is 1. The number of hydrogen-bond acceptors (Lipinski definition) is 3. The van der Waals surface area contributed by atoms with E-state index in [1.165, 1.54) is 0 Å². The topological polar surface area (TPSA) is 38.8 Å². The number of carbonyl (C=O) groups excluding carboxylic acids is 1. The van der Waals surface area contributed by atoms with E-state index in [0.29, 0.717) is 5.56 Å². The Morgan fingerprint density at radius 3 is 2.27 bits per heavy atom. The maximum Gasteiger partial charge on any atom is 0.253 e. The van der Waals surface area contributed by atoms with Crippen molar-refractivity contribution >= 4 is 5.91 Å². The van der Waals surface area contributed by atoms with Crippen LogP contribution in [0.1, 0.15) is 62.7 Å². The molecule has 0 spiro atoms. The molecule has 2 heterocycles. The fraction of sp³-hybridized carbons (Fsp3) is 0.611. The normalized spacial score (nSPS) is 23.9. The number of nitrogens with zero attached hydrogens (tertiary/aromatic N) is 1. The van der Waals surface area contributed by atoms with Gasteiger partial charge in [-0.1, -0.05) is 12.1 Å². The van der Waals surface area contributed by atoms with E-state index >= 15 is 0 Å². The first-order valence-corrected chi connectivity index (χ1v) is 8.05. The molecule has 0 atom stereocenters. The largest absolute Gasteiger partial charge is 0.339 e. The Morgan fingerprint density at radius 1 is 1.09 bits per heavy atom. The highest BCUT2D eigenvalue weighted by atomic mass is 16.7. The summed E-state index contributed by atoms with van der Waals surface area (Å²) in [6.45, 7) is 9.86. The van der Waals surface area contributed by atoms with Gasteiger partial charge >= 0.3 is 0 Å². The van der Waals surface area contributed by atoms with Crippen LogP contribution >= 0.6 is 0 Å². The quantitative estimate of drug-likeness (QED) is 0.839. The maximum atomic E-state index is 12.5. The number of rotatable bonds is 2. The number of carbonyl (C=O) groups is 1. The summed E-state index contributed by atoms with van der Waals surface area (Å²) in [4.78, 5) is 14.4. The summed E-state index contributed by atoms with van der Waals surface area (Å²) in [5, 5.41) is 0. The van der Waals surface area contributed by atoms with Crippen molar-refractivity contribution in [1.82, 2.24) is 4.90 Å².